The summed E-state index contributed by atoms with van der Waals surface area (Å²) in [6.07, 6.45) is 6.44. The summed E-state index contributed by atoms with van der Waals surface area (Å²) in [4.78, 5) is 2.93. The lowest BCUT2D eigenvalue weighted by Crippen LogP contribution is -2.33. The second-order valence-corrected chi connectivity index (χ2v) is 5.41. The highest BCUT2D eigenvalue weighted by Crippen LogP contribution is 2.20. The summed E-state index contributed by atoms with van der Waals surface area (Å²) in [7, 11) is 0. The van der Waals surface area contributed by atoms with E-state index in [1.54, 1.807) is 0 Å². The molecule has 0 aliphatic carbocycles. The van der Waals surface area contributed by atoms with Crippen LogP contribution in [0.15, 0.2) is 0 Å². The number of hydrogen-bond donors (Lipinski definition) is 1. The van der Waals surface area contributed by atoms with Crippen molar-refractivity contribution in [1.82, 2.24) is 4.90 Å². The van der Waals surface area contributed by atoms with E-state index in [4.69, 9.17) is 22.7 Å². The molecule has 2 N–H and O–H groups in total. The van der Waals surface area contributed by atoms with Gasteiger partial charge in [-0.15, -0.1) is 0 Å². The van der Waals surface area contributed by atoms with Gasteiger partial charge in [-0.05, 0) is 38.3 Å². The number of nitrogens with zero attached hydrogens (tertiary/aromatic N) is 1. The minimum absolute atomic E-state index is 0.608. The molecule has 0 unspecified atom stereocenters. The van der Waals surface area contributed by atoms with Gasteiger partial charge in [0.2, 0.25) is 0 Å². The van der Waals surface area contributed by atoms with Crippen molar-refractivity contribution in [1.29, 1.82) is 0 Å². The minimum atomic E-state index is 0.608. The largest absolute Gasteiger partial charge is 0.392 e. The Hall–Kier alpha value is -0.190. The number of hydrogen-bond acceptors (Lipinski definition) is 3. The van der Waals surface area contributed by atoms with E-state index in [9.17, 15) is 0 Å². The SMILES string of the molecule is CCN(CCCCC1CCOCC1)CC(N)=S. The van der Waals surface area contributed by atoms with Crippen LogP contribution in [0.4, 0.5) is 0 Å². The van der Waals surface area contributed by atoms with Gasteiger partial charge in [0, 0.05) is 19.8 Å². The van der Waals surface area contributed by atoms with E-state index in [1.165, 1.54) is 32.1 Å². The Kier molecular flexibility index (Phi) is 7.73. The second kappa shape index (κ2) is 8.84. The first-order valence-corrected chi connectivity index (χ1v) is 7.21. The molecule has 17 heavy (non-hydrogen) atoms. The molecule has 1 heterocycles. The molecule has 0 saturated carbocycles. The molecular formula is C13H26N2OS. The molecule has 0 aromatic carbocycles. The summed E-state index contributed by atoms with van der Waals surface area (Å²) in [6.45, 7) is 7.02. The van der Waals surface area contributed by atoms with Crippen LogP contribution in [-0.2, 0) is 4.74 Å². The first kappa shape index (κ1) is 14.9. The number of thiocarbonyl (C=S) groups is 1. The second-order valence-electron chi connectivity index (χ2n) is 4.89. The van der Waals surface area contributed by atoms with Crippen LogP contribution in [0.3, 0.4) is 0 Å². The highest BCUT2D eigenvalue weighted by atomic mass is 32.1. The van der Waals surface area contributed by atoms with Crippen LogP contribution in [0, 0.1) is 5.92 Å². The lowest BCUT2D eigenvalue weighted by Gasteiger charge is -2.23. The van der Waals surface area contributed by atoms with Gasteiger partial charge in [-0.2, -0.15) is 0 Å². The normalized spacial score (nSPS) is 17.5. The van der Waals surface area contributed by atoms with Crippen LogP contribution in [0.1, 0.15) is 39.0 Å². The van der Waals surface area contributed by atoms with E-state index < -0.39 is 0 Å². The van der Waals surface area contributed by atoms with Crippen molar-refractivity contribution in [3.8, 4) is 0 Å². The predicted molar refractivity (Wildman–Crippen MR) is 76.3 cm³/mol. The van der Waals surface area contributed by atoms with Crippen LogP contribution in [0.25, 0.3) is 0 Å². The maximum atomic E-state index is 5.57. The first-order chi connectivity index (χ1) is 8.22. The van der Waals surface area contributed by atoms with E-state index >= 15 is 0 Å². The number of likely N-dealkylation sites (N-methyl/N-ethyl adjacent to an activating group) is 1. The third-order valence-electron chi connectivity index (χ3n) is 3.50. The van der Waals surface area contributed by atoms with Crippen LogP contribution in [0.2, 0.25) is 0 Å². The number of nitrogens with two attached hydrogens (primary N) is 1. The van der Waals surface area contributed by atoms with Gasteiger partial charge in [-0.1, -0.05) is 32.0 Å². The molecule has 0 spiro atoms. The molecule has 0 amide bonds. The molecule has 1 saturated heterocycles. The fourth-order valence-electron chi connectivity index (χ4n) is 2.37. The topological polar surface area (TPSA) is 38.5 Å². The van der Waals surface area contributed by atoms with Gasteiger partial charge >= 0.3 is 0 Å². The average molecular weight is 258 g/mol. The minimum Gasteiger partial charge on any atom is -0.392 e. The molecule has 0 bridgehead atoms. The van der Waals surface area contributed by atoms with Crippen molar-refractivity contribution in [2.24, 2.45) is 11.7 Å². The maximum absolute atomic E-state index is 5.57. The van der Waals surface area contributed by atoms with Crippen molar-refractivity contribution in [2.75, 3.05) is 32.8 Å². The summed E-state index contributed by atoms with van der Waals surface area (Å²) in [5.74, 6) is 0.898. The van der Waals surface area contributed by atoms with Crippen LogP contribution >= 0.6 is 12.2 Å². The third-order valence-corrected chi connectivity index (χ3v) is 3.63. The van der Waals surface area contributed by atoms with Gasteiger partial charge < -0.3 is 10.5 Å². The van der Waals surface area contributed by atoms with Gasteiger partial charge in [0.1, 0.15) is 0 Å². The van der Waals surface area contributed by atoms with E-state index in [-0.39, 0.29) is 0 Å². The maximum Gasteiger partial charge on any atom is 0.0870 e. The van der Waals surface area contributed by atoms with Crippen molar-refractivity contribution >= 4 is 17.2 Å². The van der Waals surface area contributed by atoms with Gasteiger partial charge in [-0.3, -0.25) is 4.90 Å². The van der Waals surface area contributed by atoms with E-state index in [1.807, 2.05) is 0 Å². The summed E-state index contributed by atoms with van der Waals surface area (Å²) < 4.78 is 5.37. The zero-order valence-electron chi connectivity index (χ0n) is 11.0. The molecule has 1 aliphatic rings. The van der Waals surface area contributed by atoms with Crippen molar-refractivity contribution in [3.63, 3.8) is 0 Å². The van der Waals surface area contributed by atoms with Gasteiger partial charge in [0.15, 0.2) is 0 Å². The molecular weight excluding hydrogens is 232 g/mol. The molecule has 1 rings (SSSR count). The van der Waals surface area contributed by atoms with E-state index in [2.05, 4.69) is 11.8 Å². The van der Waals surface area contributed by atoms with Crippen LogP contribution < -0.4 is 5.73 Å². The lowest BCUT2D eigenvalue weighted by molar-refractivity contribution is 0.0629. The van der Waals surface area contributed by atoms with Crippen LogP contribution in [0.5, 0.6) is 0 Å². The summed E-state index contributed by atoms with van der Waals surface area (Å²) in [5.41, 5.74) is 5.57. The monoisotopic (exact) mass is 258 g/mol. The quantitative estimate of drug-likeness (QED) is 0.535. The zero-order valence-corrected chi connectivity index (χ0v) is 11.8. The molecule has 0 aromatic heterocycles. The van der Waals surface area contributed by atoms with E-state index in [0.29, 0.717) is 4.99 Å². The Bertz CT molecular complexity index is 217. The average Bonchev–Trinajstić information content (AvgIpc) is 2.34. The molecule has 0 atom stereocenters. The Morgan fingerprint density at radius 3 is 2.65 bits per heavy atom. The summed E-state index contributed by atoms with van der Waals surface area (Å²) in [6, 6.07) is 0. The van der Waals surface area contributed by atoms with Gasteiger partial charge in [-0.25, -0.2) is 0 Å². The summed E-state index contributed by atoms with van der Waals surface area (Å²) >= 11 is 4.94. The molecule has 0 aromatic rings. The number of unbranched alkanes of at least 4 members (excludes halogenated alkanes) is 1. The van der Waals surface area contributed by atoms with Gasteiger partial charge in [0.25, 0.3) is 0 Å². The Morgan fingerprint density at radius 2 is 2.06 bits per heavy atom. The highest BCUT2D eigenvalue weighted by Gasteiger charge is 2.13. The van der Waals surface area contributed by atoms with Crippen molar-refractivity contribution < 1.29 is 4.74 Å². The van der Waals surface area contributed by atoms with Crippen molar-refractivity contribution in [2.45, 2.75) is 39.0 Å². The van der Waals surface area contributed by atoms with Crippen LogP contribution in [-0.4, -0.2) is 42.7 Å². The third kappa shape index (κ3) is 6.96. The standard InChI is InChI=1S/C13H26N2OS/c1-2-15(11-13(14)17)8-4-3-5-12-6-9-16-10-7-12/h12H,2-11H2,1H3,(H2,14,17). The fourth-order valence-corrected chi connectivity index (χ4v) is 2.56. The molecule has 1 aliphatic heterocycles. The van der Waals surface area contributed by atoms with Gasteiger partial charge in [0.05, 0.1) is 4.99 Å². The first-order valence-electron chi connectivity index (χ1n) is 6.80. The smallest absolute Gasteiger partial charge is 0.0870 e. The summed E-state index contributed by atoms with van der Waals surface area (Å²) in [5, 5.41) is 0. The number of rotatable bonds is 8. The fraction of sp³-hybridized carbons (Fsp3) is 0.923. The lowest BCUT2D eigenvalue weighted by atomic mass is 9.94. The molecule has 1 fully saturated rings. The predicted octanol–water partition coefficient (Wildman–Crippen LogP) is 2.19. The Labute approximate surface area is 111 Å². The zero-order chi connectivity index (χ0) is 12.5. The Morgan fingerprint density at radius 1 is 1.35 bits per heavy atom. The van der Waals surface area contributed by atoms with E-state index in [0.717, 1.165) is 38.8 Å². The van der Waals surface area contributed by atoms with Crippen molar-refractivity contribution in [3.05, 3.63) is 0 Å². The molecule has 4 heteroatoms. The Balaban J connectivity index is 2.03. The molecule has 0 radical (unpaired) electrons. The molecule has 3 nitrogen and oxygen atoms in total. The number of ether oxygens (including phenoxy) is 1. The molecule has 100 valence electrons. The highest BCUT2D eigenvalue weighted by molar-refractivity contribution is 7.80.